The number of hydrogen-bond donors (Lipinski definition) is 0. The Morgan fingerprint density at radius 3 is 1.94 bits per heavy atom. The summed E-state index contributed by atoms with van der Waals surface area (Å²) in [5.41, 5.74) is 0.976. The van der Waals surface area contributed by atoms with Crippen LogP contribution in [0.15, 0.2) is 71.6 Å². The molecule has 0 spiro atoms. The number of nitrogens with zero attached hydrogens (tertiary/aromatic N) is 3. The molecular formula is C25H29N3O4S. The van der Waals surface area contributed by atoms with E-state index < -0.39 is 10.0 Å². The summed E-state index contributed by atoms with van der Waals surface area (Å²) in [6.45, 7) is 2.48. The number of likely N-dealkylation sites (tertiary alicyclic amines) is 1. The van der Waals surface area contributed by atoms with Gasteiger partial charge in [-0.05, 0) is 36.6 Å². The summed E-state index contributed by atoms with van der Waals surface area (Å²) in [6.07, 6.45) is 4.66. The lowest BCUT2D eigenvalue weighted by Gasteiger charge is -2.38. The molecule has 0 radical (unpaired) electrons. The molecule has 2 saturated heterocycles. The van der Waals surface area contributed by atoms with Crippen LogP contribution in [-0.4, -0.2) is 73.6 Å². The highest BCUT2D eigenvalue weighted by atomic mass is 32.2. The lowest BCUT2D eigenvalue weighted by atomic mass is 9.95. The molecule has 0 N–H and O–H groups in total. The molecule has 0 atom stereocenters. The Balaban J connectivity index is 1.26. The first kappa shape index (κ1) is 23.2. The third-order valence-electron chi connectivity index (χ3n) is 6.31. The Bertz CT molecular complexity index is 1090. The van der Waals surface area contributed by atoms with Gasteiger partial charge in [-0.3, -0.25) is 9.59 Å². The second-order valence-corrected chi connectivity index (χ2v) is 10.3. The molecular weight excluding hydrogens is 438 g/mol. The maximum absolute atomic E-state index is 13.0. The summed E-state index contributed by atoms with van der Waals surface area (Å²) in [5.74, 6) is -0.0902. The van der Waals surface area contributed by atoms with Crippen LogP contribution in [0.25, 0.3) is 6.08 Å². The van der Waals surface area contributed by atoms with Gasteiger partial charge in [0.15, 0.2) is 0 Å². The number of sulfonamides is 1. The van der Waals surface area contributed by atoms with Crippen LogP contribution >= 0.6 is 0 Å². The number of piperidine rings is 1. The molecule has 0 bridgehead atoms. The average Bonchev–Trinajstić information content (AvgIpc) is 2.88. The van der Waals surface area contributed by atoms with Gasteiger partial charge in [0.25, 0.3) is 0 Å². The minimum atomic E-state index is -3.53. The highest BCUT2D eigenvalue weighted by Gasteiger charge is 2.34. The number of hydrogen-bond acceptors (Lipinski definition) is 4. The van der Waals surface area contributed by atoms with E-state index in [9.17, 15) is 18.0 Å². The number of benzene rings is 2. The molecule has 2 aliphatic rings. The van der Waals surface area contributed by atoms with E-state index in [4.69, 9.17) is 0 Å². The minimum absolute atomic E-state index is 0.0375. The molecule has 2 aromatic carbocycles. The summed E-state index contributed by atoms with van der Waals surface area (Å²) < 4.78 is 27.0. The van der Waals surface area contributed by atoms with Gasteiger partial charge in [-0.25, -0.2) is 8.42 Å². The van der Waals surface area contributed by atoms with Crippen molar-refractivity contribution in [2.75, 3.05) is 39.3 Å². The monoisotopic (exact) mass is 467 g/mol. The maximum atomic E-state index is 13.0. The molecule has 8 heteroatoms. The zero-order valence-electron chi connectivity index (χ0n) is 18.5. The number of piperazine rings is 1. The van der Waals surface area contributed by atoms with Gasteiger partial charge in [-0.2, -0.15) is 4.31 Å². The first-order chi connectivity index (χ1) is 15.9. The van der Waals surface area contributed by atoms with Crippen molar-refractivity contribution in [2.45, 2.75) is 17.7 Å². The zero-order chi connectivity index (χ0) is 23.3. The van der Waals surface area contributed by atoms with Gasteiger partial charge in [0.05, 0.1) is 4.90 Å². The molecule has 4 rings (SSSR count). The van der Waals surface area contributed by atoms with E-state index in [0.29, 0.717) is 52.1 Å². The second kappa shape index (κ2) is 10.3. The smallest absolute Gasteiger partial charge is 0.246 e. The zero-order valence-corrected chi connectivity index (χ0v) is 19.4. The molecule has 0 aromatic heterocycles. The fraction of sp³-hybridized carbons (Fsp3) is 0.360. The van der Waals surface area contributed by atoms with Crippen molar-refractivity contribution in [1.82, 2.24) is 14.1 Å². The molecule has 2 aliphatic heterocycles. The maximum Gasteiger partial charge on any atom is 0.246 e. The molecule has 2 fully saturated rings. The van der Waals surface area contributed by atoms with E-state index in [1.54, 1.807) is 46.2 Å². The van der Waals surface area contributed by atoms with E-state index in [1.807, 2.05) is 36.4 Å². The van der Waals surface area contributed by atoms with Crippen LogP contribution in [-0.2, 0) is 19.6 Å². The minimum Gasteiger partial charge on any atom is -0.340 e. The van der Waals surface area contributed by atoms with Crippen LogP contribution in [0, 0.1) is 5.92 Å². The van der Waals surface area contributed by atoms with Gasteiger partial charge in [0.1, 0.15) is 0 Å². The topological polar surface area (TPSA) is 78.0 Å². The van der Waals surface area contributed by atoms with Crippen molar-refractivity contribution in [2.24, 2.45) is 5.92 Å². The number of carbonyl (C=O) groups is 2. The highest BCUT2D eigenvalue weighted by Crippen LogP contribution is 2.23. The van der Waals surface area contributed by atoms with E-state index in [0.717, 1.165) is 5.56 Å². The van der Waals surface area contributed by atoms with Crippen molar-refractivity contribution in [3.63, 3.8) is 0 Å². The third-order valence-corrected chi connectivity index (χ3v) is 8.22. The van der Waals surface area contributed by atoms with E-state index >= 15 is 0 Å². The average molecular weight is 468 g/mol. The van der Waals surface area contributed by atoms with Crippen LogP contribution in [0.1, 0.15) is 18.4 Å². The summed E-state index contributed by atoms with van der Waals surface area (Å²) in [7, 11) is -3.53. The van der Waals surface area contributed by atoms with Gasteiger partial charge in [0, 0.05) is 51.3 Å². The van der Waals surface area contributed by atoms with Crippen molar-refractivity contribution >= 4 is 27.9 Å². The van der Waals surface area contributed by atoms with Gasteiger partial charge < -0.3 is 9.80 Å². The summed E-state index contributed by atoms with van der Waals surface area (Å²) in [5, 5.41) is 0. The first-order valence-corrected chi connectivity index (χ1v) is 12.8. The summed E-state index contributed by atoms with van der Waals surface area (Å²) in [6, 6.07) is 18.1. The Morgan fingerprint density at radius 1 is 0.758 bits per heavy atom. The molecule has 174 valence electrons. The number of carbonyl (C=O) groups excluding carboxylic acids is 2. The van der Waals surface area contributed by atoms with Gasteiger partial charge in [-0.1, -0.05) is 48.5 Å². The fourth-order valence-corrected chi connectivity index (χ4v) is 5.78. The Kier molecular flexibility index (Phi) is 7.25. The summed E-state index contributed by atoms with van der Waals surface area (Å²) in [4.78, 5) is 29.3. The molecule has 2 aromatic rings. The highest BCUT2D eigenvalue weighted by molar-refractivity contribution is 7.89. The predicted octanol–water partition coefficient (Wildman–Crippen LogP) is 2.47. The van der Waals surface area contributed by atoms with Crippen LogP contribution in [0.4, 0.5) is 0 Å². The standard InChI is InChI=1S/C25H29N3O4S/c29-24(12-11-21-7-3-1-4-8-21)26-15-13-22(14-16-26)25(30)27-17-19-28(20-18-27)33(31,32)23-9-5-2-6-10-23/h1-12,22H,13-20H2/b12-11+. The molecule has 2 heterocycles. The van der Waals surface area contributed by atoms with Crippen LogP contribution in [0.5, 0.6) is 0 Å². The largest absolute Gasteiger partial charge is 0.340 e. The molecule has 33 heavy (non-hydrogen) atoms. The van der Waals surface area contributed by atoms with E-state index in [2.05, 4.69) is 0 Å². The molecule has 0 aliphatic carbocycles. The second-order valence-electron chi connectivity index (χ2n) is 8.39. The van der Waals surface area contributed by atoms with Crippen LogP contribution < -0.4 is 0 Å². The Labute approximate surface area is 195 Å². The molecule has 7 nitrogen and oxygen atoms in total. The van der Waals surface area contributed by atoms with Crippen molar-refractivity contribution in [3.05, 3.63) is 72.3 Å². The van der Waals surface area contributed by atoms with Crippen LogP contribution in [0.3, 0.4) is 0 Å². The normalized spacial score (nSPS) is 18.5. The van der Waals surface area contributed by atoms with Gasteiger partial charge in [0.2, 0.25) is 21.8 Å². The van der Waals surface area contributed by atoms with Crippen LogP contribution in [0.2, 0.25) is 0 Å². The Morgan fingerprint density at radius 2 is 1.33 bits per heavy atom. The lowest BCUT2D eigenvalue weighted by molar-refractivity contribution is -0.140. The third kappa shape index (κ3) is 5.51. The lowest BCUT2D eigenvalue weighted by Crippen LogP contribution is -2.53. The van der Waals surface area contributed by atoms with Crippen molar-refractivity contribution < 1.29 is 18.0 Å². The predicted molar refractivity (Wildman–Crippen MR) is 127 cm³/mol. The van der Waals surface area contributed by atoms with Crippen molar-refractivity contribution in [1.29, 1.82) is 0 Å². The molecule has 0 saturated carbocycles. The number of amides is 2. The van der Waals surface area contributed by atoms with Gasteiger partial charge >= 0.3 is 0 Å². The van der Waals surface area contributed by atoms with E-state index in [1.165, 1.54) is 4.31 Å². The molecule has 2 amide bonds. The molecule has 0 unspecified atom stereocenters. The fourth-order valence-electron chi connectivity index (χ4n) is 4.33. The van der Waals surface area contributed by atoms with Gasteiger partial charge in [-0.15, -0.1) is 0 Å². The SMILES string of the molecule is O=C(/C=C/c1ccccc1)N1CCC(C(=O)N2CCN(S(=O)(=O)c3ccccc3)CC2)CC1. The summed E-state index contributed by atoms with van der Waals surface area (Å²) >= 11 is 0. The first-order valence-electron chi connectivity index (χ1n) is 11.3. The van der Waals surface area contributed by atoms with E-state index in [-0.39, 0.29) is 22.6 Å². The Hall–Kier alpha value is -2.97. The number of rotatable bonds is 5. The quantitative estimate of drug-likeness (QED) is 0.633. The van der Waals surface area contributed by atoms with Crippen molar-refractivity contribution in [3.8, 4) is 0 Å².